The number of ether oxygens (including phenoxy) is 2. The zero-order valence-corrected chi connectivity index (χ0v) is 15.5. The summed E-state index contributed by atoms with van der Waals surface area (Å²) < 4.78 is 11.3. The van der Waals surface area contributed by atoms with E-state index in [1.54, 1.807) is 7.11 Å². The number of likely N-dealkylation sites (tertiary alicyclic amines) is 1. The molecule has 5 heteroatoms. The van der Waals surface area contributed by atoms with Crippen LogP contribution in [0.4, 0.5) is 0 Å². The molecule has 1 aliphatic heterocycles. The molecule has 1 saturated heterocycles. The first-order valence-electron chi connectivity index (χ1n) is 9.05. The molecule has 138 valence electrons. The summed E-state index contributed by atoms with van der Waals surface area (Å²) >= 11 is 0. The summed E-state index contributed by atoms with van der Waals surface area (Å²) in [5.41, 5.74) is 1.10. The number of guanidine groups is 1. The summed E-state index contributed by atoms with van der Waals surface area (Å²) in [6, 6.07) is 18.0. The lowest BCUT2D eigenvalue weighted by atomic mass is 10.1. The zero-order valence-electron chi connectivity index (χ0n) is 15.5. The highest BCUT2D eigenvalue weighted by Crippen LogP contribution is 2.25. The van der Waals surface area contributed by atoms with Gasteiger partial charge in [-0.15, -0.1) is 0 Å². The lowest BCUT2D eigenvalue weighted by molar-refractivity contribution is 0.157. The van der Waals surface area contributed by atoms with Gasteiger partial charge in [0.25, 0.3) is 0 Å². The molecule has 1 unspecified atom stereocenters. The van der Waals surface area contributed by atoms with Crippen molar-refractivity contribution in [2.24, 2.45) is 10.9 Å². The third-order valence-corrected chi connectivity index (χ3v) is 4.58. The molecular weight excluding hydrogens is 326 g/mol. The molecule has 2 aromatic carbocycles. The average Bonchev–Trinajstić information content (AvgIpc) is 3.13. The van der Waals surface area contributed by atoms with E-state index in [0.29, 0.717) is 12.5 Å². The first-order chi connectivity index (χ1) is 12.8. The van der Waals surface area contributed by atoms with E-state index >= 15 is 0 Å². The Morgan fingerprint density at radius 2 is 1.92 bits per heavy atom. The highest BCUT2D eigenvalue weighted by atomic mass is 16.5. The largest absolute Gasteiger partial charge is 0.457 e. The van der Waals surface area contributed by atoms with Gasteiger partial charge in [0, 0.05) is 45.3 Å². The number of hydrogen-bond donors (Lipinski definition) is 1. The molecule has 26 heavy (non-hydrogen) atoms. The fourth-order valence-corrected chi connectivity index (χ4v) is 3.27. The average molecular weight is 353 g/mol. The molecular formula is C21H27N3O2. The third-order valence-electron chi connectivity index (χ3n) is 4.58. The summed E-state index contributed by atoms with van der Waals surface area (Å²) in [5.74, 6) is 3.21. The Labute approximate surface area is 155 Å². The van der Waals surface area contributed by atoms with Gasteiger partial charge in [0.1, 0.15) is 11.5 Å². The molecule has 1 aliphatic rings. The van der Waals surface area contributed by atoms with Crippen molar-refractivity contribution in [3.63, 3.8) is 0 Å². The van der Waals surface area contributed by atoms with Crippen LogP contribution >= 0.6 is 0 Å². The minimum atomic E-state index is 0.576. The van der Waals surface area contributed by atoms with Crippen LogP contribution in [0.1, 0.15) is 12.0 Å². The molecule has 0 bridgehead atoms. The molecule has 0 aromatic heterocycles. The number of aliphatic imine (C=N–C) groups is 1. The lowest BCUT2D eigenvalue weighted by Gasteiger charge is -2.22. The van der Waals surface area contributed by atoms with Crippen LogP contribution in [0.5, 0.6) is 11.5 Å². The molecule has 5 nitrogen and oxygen atoms in total. The number of para-hydroxylation sites is 2. The number of methoxy groups -OCH3 is 1. The van der Waals surface area contributed by atoms with Crippen LogP contribution in [0.15, 0.2) is 59.6 Å². The van der Waals surface area contributed by atoms with Gasteiger partial charge in [-0.05, 0) is 24.6 Å². The molecule has 1 fully saturated rings. The van der Waals surface area contributed by atoms with E-state index in [9.17, 15) is 0 Å². The second-order valence-electron chi connectivity index (χ2n) is 6.48. The Balaban J connectivity index is 1.62. The Kier molecular flexibility index (Phi) is 6.50. The number of hydrogen-bond acceptors (Lipinski definition) is 3. The van der Waals surface area contributed by atoms with Gasteiger partial charge in [-0.25, -0.2) is 0 Å². The lowest BCUT2D eigenvalue weighted by Crippen LogP contribution is -2.39. The van der Waals surface area contributed by atoms with Crippen molar-refractivity contribution < 1.29 is 9.47 Å². The molecule has 1 N–H and O–H groups in total. The van der Waals surface area contributed by atoms with Gasteiger partial charge in [0.2, 0.25) is 0 Å². The van der Waals surface area contributed by atoms with Gasteiger partial charge < -0.3 is 19.7 Å². The Morgan fingerprint density at radius 1 is 1.15 bits per heavy atom. The van der Waals surface area contributed by atoms with Crippen LogP contribution in [0.3, 0.4) is 0 Å². The topological polar surface area (TPSA) is 46.1 Å². The van der Waals surface area contributed by atoms with Crippen LogP contribution in [-0.4, -0.2) is 44.7 Å². The van der Waals surface area contributed by atoms with Crippen molar-refractivity contribution in [3.05, 3.63) is 60.2 Å². The second kappa shape index (κ2) is 9.25. The highest BCUT2D eigenvalue weighted by Gasteiger charge is 2.24. The molecule has 0 saturated carbocycles. The summed E-state index contributed by atoms with van der Waals surface area (Å²) in [7, 11) is 3.59. The van der Waals surface area contributed by atoms with E-state index in [0.717, 1.165) is 49.1 Å². The minimum Gasteiger partial charge on any atom is -0.457 e. The molecule has 1 atom stereocenters. The first kappa shape index (κ1) is 18.3. The first-order valence-corrected chi connectivity index (χ1v) is 9.05. The van der Waals surface area contributed by atoms with E-state index in [1.165, 1.54) is 0 Å². The van der Waals surface area contributed by atoms with E-state index in [4.69, 9.17) is 9.47 Å². The molecule has 1 heterocycles. The van der Waals surface area contributed by atoms with Gasteiger partial charge in [-0.3, -0.25) is 4.99 Å². The Bertz CT molecular complexity index is 718. The monoisotopic (exact) mass is 353 g/mol. The maximum Gasteiger partial charge on any atom is 0.193 e. The summed E-state index contributed by atoms with van der Waals surface area (Å²) in [4.78, 5) is 6.74. The minimum absolute atomic E-state index is 0.576. The van der Waals surface area contributed by atoms with Crippen LogP contribution in [0, 0.1) is 5.92 Å². The van der Waals surface area contributed by atoms with Crippen molar-refractivity contribution in [1.82, 2.24) is 10.2 Å². The predicted molar refractivity (Wildman–Crippen MR) is 105 cm³/mol. The van der Waals surface area contributed by atoms with E-state index in [1.807, 2.05) is 55.6 Å². The molecule has 0 spiro atoms. The fourth-order valence-electron chi connectivity index (χ4n) is 3.27. The summed E-state index contributed by atoms with van der Waals surface area (Å²) in [6.07, 6.45) is 1.14. The van der Waals surface area contributed by atoms with Crippen LogP contribution in [-0.2, 0) is 11.3 Å². The van der Waals surface area contributed by atoms with Gasteiger partial charge >= 0.3 is 0 Å². The van der Waals surface area contributed by atoms with Crippen molar-refractivity contribution in [2.75, 3.05) is 33.9 Å². The van der Waals surface area contributed by atoms with Crippen molar-refractivity contribution >= 4 is 5.96 Å². The van der Waals surface area contributed by atoms with Crippen molar-refractivity contribution in [3.8, 4) is 11.5 Å². The summed E-state index contributed by atoms with van der Waals surface area (Å²) in [6.45, 7) is 3.47. The van der Waals surface area contributed by atoms with E-state index in [-0.39, 0.29) is 0 Å². The van der Waals surface area contributed by atoms with Gasteiger partial charge in [0.15, 0.2) is 5.96 Å². The molecule has 0 amide bonds. The van der Waals surface area contributed by atoms with Gasteiger partial charge in [-0.2, -0.15) is 0 Å². The van der Waals surface area contributed by atoms with E-state index < -0.39 is 0 Å². The van der Waals surface area contributed by atoms with E-state index in [2.05, 4.69) is 21.3 Å². The van der Waals surface area contributed by atoms with Crippen molar-refractivity contribution in [2.45, 2.75) is 13.0 Å². The number of nitrogens with zero attached hydrogens (tertiary/aromatic N) is 2. The van der Waals surface area contributed by atoms with Gasteiger partial charge in [-0.1, -0.05) is 36.4 Å². The van der Waals surface area contributed by atoms with Gasteiger partial charge in [0.05, 0.1) is 6.61 Å². The third kappa shape index (κ3) is 4.76. The predicted octanol–water partition coefficient (Wildman–Crippen LogP) is 3.52. The highest BCUT2D eigenvalue weighted by molar-refractivity contribution is 5.80. The SMILES string of the molecule is CN=C(NCc1ccccc1Oc1ccccc1)N1CCC(COC)C1. The standard InChI is InChI=1S/C21H27N3O2/c1-22-21(24-13-12-17(15-24)16-25-2)23-14-18-8-6-7-11-20(18)26-19-9-4-3-5-10-19/h3-11,17H,12-16H2,1-2H3,(H,22,23). The second-order valence-corrected chi connectivity index (χ2v) is 6.48. The Morgan fingerprint density at radius 3 is 2.69 bits per heavy atom. The fraction of sp³-hybridized carbons (Fsp3) is 0.381. The zero-order chi connectivity index (χ0) is 18.2. The maximum atomic E-state index is 6.04. The maximum absolute atomic E-state index is 6.04. The van der Waals surface area contributed by atoms with Crippen LogP contribution in [0.2, 0.25) is 0 Å². The van der Waals surface area contributed by atoms with Crippen LogP contribution in [0.25, 0.3) is 0 Å². The molecule has 0 radical (unpaired) electrons. The quantitative estimate of drug-likeness (QED) is 0.637. The smallest absolute Gasteiger partial charge is 0.193 e. The number of rotatable bonds is 6. The normalized spacial score (nSPS) is 17.4. The molecule has 3 rings (SSSR count). The Hall–Kier alpha value is -2.53. The summed E-state index contributed by atoms with van der Waals surface area (Å²) in [5, 5.41) is 3.47. The molecule has 2 aromatic rings. The van der Waals surface area contributed by atoms with Crippen molar-refractivity contribution in [1.29, 1.82) is 0 Å². The number of benzene rings is 2. The number of nitrogens with one attached hydrogen (secondary N) is 1. The van der Waals surface area contributed by atoms with Crippen LogP contribution < -0.4 is 10.1 Å². The molecule has 0 aliphatic carbocycles.